The first kappa shape index (κ1) is 27.9. The van der Waals surface area contributed by atoms with Crippen molar-refractivity contribution in [2.45, 2.75) is 13.8 Å². The molecule has 4 heterocycles. The molecular formula is C43H31N5. The molecule has 0 fully saturated rings. The molecule has 1 N–H and O–H groups in total. The van der Waals surface area contributed by atoms with Crippen molar-refractivity contribution in [1.29, 1.82) is 0 Å². The first-order valence-corrected chi connectivity index (χ1v) is 16.2. The zero-order valence-electron chi connectivity index (χ0n) is 26.6. The summed E-state index contributed by atoms with van der Waals surface area (Å²) >= 11 is 0. The van der Waals surface area contributed by atoms with Crippen LogP contribution in [0.4, 0.5) is 0 Å². The number of para-hydroxylation sites is 2. The van der Waals surface area contributed by atoms with Gasteiger partial charge in [-0.2, -0.15) is 5.10 Å². The summed E-state index contributed by atoms with van der Waals surface area (Å²) in [5, 5.41) is 11.5. The Labute approximate surface area is 278 Å². The van der Waals surface area contributed by atoms with Gasteiger partial charge in [0, 0.05) is 44.7 Å². The maximum Gasteiger partial charge on any atom is 0.145 e. The summed E-state index contributed by atoms with van der Waals surface area (Å²) in [5.41, 5.74) is 14.8. The van der Waals surface area contributed by atoms with E-state index in [-0.39, 0.29) is 0 Å². The van der Waals surface area contributed by atoms with Gasteiger partial charge < -0.3 is 0 Å². The van der Waals surface area contributed by atoms with Gasteiger partial charge in [0.1, 0.15) is 5.65 Å². The van der Waals surface area contributed by atoms with Crippen LogP contribution in [0, 0.1) is 13.8 Å². The first-order chi connectivity index (χ1) is 23.6. The van der Waals surface area contributed by atoms with Gasteiger partial charge in [-0.25, -0.2) is 9.97 Å². The Hall–Kier alpha value is -6.33. The van der Waals surface area contributed by atoms with E-state index in [0.717, 1.165) is 72.5 Å². The van der Waals surface area contributed by atoms with E-state index in [2.05, 4.69) is 139 Å². The number of pyridine rings is 2. The molecular weight excluding hydrogens is 587 g/mol. The van der Waals surface area contributed by atoms with Gasteiger partial charge in [-0.15, -0.1) is 0 Å². The molecule has 0 aliphatic rings. The molecule has 0 saturated heterocycles. The Balaban J connectivity index is 1.26. The number of aromatic amines is 1. The standard InChI is InChI=1S/C43H31N5/c1-27-12-8-13-28(2)40(27)31-25-37(45-38(26-31)35-19-10-20-36-41(46-47-42(35)36)29-14-4-3-5-15-29)30-16-9-17-32(24-30)48-39-22-7-6-18-33(39)34-21-11-23-44-43(34)48/h3-26H,1-2H3,(H,46,47). The summed E-state index contributed by atoms with van der Waals surface area (Å²) in [4.78, 5) is 10.2. The molecule has 5 nitrogen and oxygen atoms in total. The Morgan fingerprint density at radius 3 is 2.15 bits per heavy atom. The van der Waals surface area contributed by atoms with Gasteiger partial charge >= 0.3 is 0 Å². The second kappa shape index (κ2) is 11.2. The lowest BCUT2D eigenvalue weighted by molar-refractivity contribution is 1.12. The minimum absolute atomic E-state index is 0.892. The largest absolute Gasteiger partial charge is 0.294 e. The topological polar surface area (TPSA) is 59.4 Å². The van der Waals surface area contributed by atoms with Gasteiger partial charge in [0.05, 0.1) is 28.1 Å². The Kier molecular flexibility index (Phi) is 6.51. The summed E-state index contributed by atoms with van der Waals surface area (Å²) in [6.45, 7) is 4.36. The van der Waals surface area contributed by atoms with E-state index >= 15 is 0 Å². The smallest absolute Gasteiger partial charge is 0.145 e. The maximum absolute atomic E-state index is 5.37. The summed E-state index contributed by atoms with van der Waals surface area (Å²) in [5.74, 6) is 0. The monoisotopic (exact) mass is 617 g/mol. The zero-order chi connectivity index (χ0) is 32.2. The lowest BCUT2D eigenvalue weighted by Crippen LogP contribution is -1.97. The highest BCUT2D eigenvalue weighted by Gasteiger charge is 2.18. The number of aromatic nitrogens is 5. The molecule has 0 atom stereocenters. The molecule has 0 spiro atoms. The van der Waals surface area contributed by atoms with E-state index in [0.29, 0.717) is 0 Å². The molecule has 4 aromatic heterocycles. The third-order valence-electron chi connectivity index (χ3n) is 9.35. The summed E-state index contributed by atoms with van der Waals surface area (Å²) in [6.07, 6.45) is 1.86. The lowest BCUT2D eigenvalue weighted by atomic mass is 9.93. The van der Waals surface area contributed by atoms with E-state index < -0.39 is 0 Å². The van der Waals surface area contributed by atoms with E-state index in [9.17, 15) is 0 Å². The van der Waals surface area contributed by atoms with Gasteiger partial charge in [0.25, 0.3) is 0 Å². The van der Waals surface area contributed by atoms with Crippen LogP contribution in [0.25, 0.3) is 83.4 Å². The predicted octanol–water partition coefficient (Wildman–Crippen LogP) is 10.7. The van der Waals surface area contributed by atoms with Crippen molar-refractivity contribution in [3.63, 3.8) is 0 Å². The predicted molar refractivity (Wildman–Crippen MR) is 197 cm³/mol. The number of hydrogen-bond donors (Lipinski definition) is 1. The molecule has 9 rings (SSSR count). The van der Waals surface area contributed by atoms with Crippen molar-refractivity contribution in [2.75, 3.05) is 0 Å². The van der Waals surface area contributed by atoms with Crippen molar-refractivity contribution >= 4 is 32.8 Å². The van der Waals surface area contributed by atoms with Gasteiger partial charge in [0.2, 0.25) is 0 Å². The fourth-order valence-corrected chi connectivity index (χ4v) is 7.16. The summed E-state index contributed by atoms with van der Waals surface area (Å²) in [7, 11) is 0. The number of nitrogens with zero attached hydrogens (tertiary/aromatic N) is 4. The Morgan fingerprint density at radius 1 is 0.562 bits per heavy atom. The van der Waals surface area contributed by atoms with Crippen molar-refractivity contribution in [3.05, 3.63) is 157 Å². The van der Waals surface area contributed by atoms with E-state index in [1.54, 1.807) is 0 Å². The average molecular weight is 618 g/mol. The molecule has 0 aliphatic heterocycles. The molecule has 0 bridgehead atoms. The number of H-pyrrole nitrogens is 1. The molecule has 228 valence electrons. The SMILES string of the molecule is Cc1cccc(C)c1-c1cc(-c2cccc(-n3c4ccccc4c4cccnc43)c2)nc(-c2cccc3c(-c4ccccc4)n[nH]c23)c1. The van der Waals surface area contributed by atoms with Crippen LogP contribution in [-0.4, -0.2) is 24.7 Å². The van der Waals surface area contributed by atoms with Gasteiger partial charge in [-0.05, 0) is 78.6 Å². The molecule has 5 heteroatoms. The molecule has 48 heavy (non-hydrogen) atoms. The van der Waals surface area contributed by atoms with E-state index in [4.69, 9.17) is 15.1 Å². The zero-order valence-corrected chi connectivity index (χ0v) is 26.6. The van der Waals surface area contributed by atoms with E-state index in [1.165, 1.54) is 22.1 Å². The van der Waals surface area contributed by atoms with Crippen LogP contribution in [0.1, 0.15) is 11.1 Å². The number of rotatable bonds is 5. The van der Waals surface area contributed by atoms with Crippen LogP contribution in [0.2, 0.25) is 0 Å². The summed E-state index contributed by atoms with van der Waals surface area (Å²) in [6, 6.07) is 48.9. The fourth-order valence-electron chi connectivity index (χ4n) is 7.16. The minimum atomic E-state index is 0.892. The van der Waals surface area contributed by atoms with Crippen LogP contribution in [-0.2, 0) is 0 Å². The number of nitrogens with one attached hydrogen (secondary N) is 1. The van der Waals surface area contributed by atoms with Crippen molar-refractivity contribution < 1.29 is 0 Å². The molecule has 5 aromatic carbocycles. The molecule has 0 unspecified atom stereocenters. The Bertz CT molecular complexity index is 2570. The first-order valence-electron chi connectivity index (χ1n) is 16.2. The Morgan fingerprint density at radius 2 is 1.27 bits per heavy atom. The molecule has 0 amide bonds. The second-order valence-electron chi connectivity index (χ2n) is 12.3. The number of aryl methyl sites for hydroxylation is 2. The lowest BCUT2D eigenvalue weighted by Gasteiger charge is -2.15. The van der Waals surface area contributed by atoms with Gasteiger partial charge in [-0.3, -0.25) is 9.67 Å². The minimum Gasteiger partial charge on any atom is -0.294 e. The van der Waals surface area contributed by atoms with Crippen molar-refractivity contribution in [1.82, 2.24) is 24.7 Å². The number of benzene rings is 5. The van der Waals surface area contributed by atoms with Gasteiger partial charge in [-0.1, -0.05) is 97.1 Å². The average Bonchev–Trinajstić information content (AvgIpc) is 3.72. The van der Waals surface area contributed by atoms with Gasteiger partial charge in [0.15, 0.2) is 0 Å². The van der Waals surface area contributed by atoms with Crippen LogP contribution in [0.3, 0.4) is 0 Å². The normalized spacial score (nSPS) is 11.5. The molecule has 0 radical (unpaired) electrons. The quantitative estimate of drug-likeness (QED) is 0.209. The third kappa shape index (κ3) is 4.51. The highest BCUT2D eigenvalue weighted by atomic mass is 15.1. The molecule has 9 aromatic rings. The van der Waals surface area contributed by atoms with Crippen molar-refractivity contribution in [3.8, 4) is 50.6 Å². The number of fused-ring (bicyclic) bond motifs is 4. The van der Waals surface area contributed by atoms with Crippen LogP contribution >= 0.6 is 0 Å². The fraction of sp³-hybridized carbons (Fsp3) is 0.0465. The second-order valence-corrected chi connectivity index (χ2v) is 12.3. The third-order valence-corrected chi connectivity index (χ3v) is 9.35. The van der Waals surface area contributed by atoms with Crippen LogP contribution in [0.15, 0.2) is 146 Å². The van der Waals surface area contributed by atoms with Crippen LogP contribution in [0.5, 0.6) is 0 Å². The maximum atomic E-state index is 5.37. The summed E-state index contributed by atoms with van der Waals surface area (Å²) < 4.78 is 2.25. The van der Waals surface area contributed by atoms with E-state index in [1.807, 2.05) is 30.5 Å². The highest BCUT2D eigenvalue weighted by Crippen LogP contribution is 2.38. The highest BCUT2D eigenvalue weighted by molar-refractivity contribution is 6.08. The molecule has 0 aliphatic carbocycles. The van der Waals surface area contributed by atoms with Crippen LogP contribution < -0.4 is 0 Å². The van der Waals surface area contributed by atoms with Crippen molar-refractivity contribution in [2.24, 2.45) is 0 Å². The molecule has 0 saturated carbocycles. The number of hydrogen-bond acceptors (Lipinski definition) is 3.